The van der Waals surface area contributed by atoms with E-state index in [1.165, 1.54) is 12.8 Å². The van der Waals surface area contributed by atoms with Crippen molar-refractivity contribution in [3.63, 3.8) is 0 Å². The monoisotopic (exact) mass is 326 g/mol. The molecule has 0 unspecified atom stereocenters. The minimum atomic E-state index is -0.134. The van der Waals surface area contributed by atoms with E-state index in [0.29, 0.717) is 18.4 Å². The van der Waals surface area contributed by atoms with Crippen molar-refractivity contribution in [2.24, 2.45) is 0 Å². The number of amides is 1. The highest BCUT2D eigenvalue weighted by Crippen LogP contribution is 2.28. The zero-order valence-corrected chi connectivity index (χ0v) is 13.6. The number of carbonyl (C=O) groups excluding carboxylic acids is 1. The van der Waals surface area contributed by atoms with Crippen molar-refractivity contribution in [2.45, 2.75) is 38.0 Å². The normalized spacial score (nSPS) is 23.2. The lowest BCUT2D eigenvalue weighted by Crippen LogP contribution is -2.42. The van der Waals surface area contributed by atoms with Crippen LogP contribution in [0, 0.1) is 0 Å². The average Bonchev–Trinajstić information content (AvgIpc) is 3.32. The van der Waals surface area contributed by atoms with E-state index in [9.17, 15) is 4.79 Å². The molecule has 2 aliphatic heterocycles. The van der Waals surface area contributed by atoms with E-state index < -0.39 is 0 Å². The maximum absolute atomic E-state index is 12.6. The summed E-state index contributed by atoms with van der Waals surface area (Å²) >= 11 is 0. The number of nitrogens with one attached hydrogen (secondary N) is 1. The van der Waals surface area contributed by atoms with Crippen molar-refractivity contribution in [1.82, 2.24) is 10.2 Å². The third-order valence-electron chi connectivity index (χ3n) is 5.01. The molecule has 2 atom stereocenters. The maximum atomic E-state index is 12.6. The van der Waals surface area contributed by atoms with E-state index in [4.69, 9.17) is 9.15 Å². The molecule has 0 bridgehead atoms. The van der Waals surface area contributed by atoms with E-state index in [-0.39, 0.29) is 11.9 Å². The van der Waals surface area contributed by atoms with Crippen molar-refractivity contribution in [3.05, 3.63) is 54.0 Å². The number of fused-ring (bicyclic) bond motifs is 1. The van der Waals surface area contributed by atoms with Gasteiger partial charge in [0.15, 0.2) is 5.76 Å². The van der Waals surface area contributed by atoms with Crippen LogP contribution < -0.4 is 10.1 Å². The minimum absolute atomic E-state index is 0.134. The van der Waals surface area contributed by atoms with Crippen LogP contribution in [-0.4, -0.2) is 36.0 Å². The second-order valence-corrected chi connectivity index (χ2v) is 6.49. The summed E-state index contributed by atoms with van der Waals surface area (Å²) in [6, 6.07) is 12.1. The summed E-state index contributed by atoms with van der Waals surface area (Å²) in [7, 11) is 0. The molecule has 4 rings (SSSR count). The Morgan fingerprint density at radius 2 is 2.08 bits per heavy atom. The Hall–Kier alpha value is -2.27. The number of carbonyl (C=O) groups is 1. The van der Waals surface area contributed by atoms with Crippen LogP contribution in [0.15, 0.2) is 47.1 Å². The summed E-state index contributed by atoms with van der Waals surface area (Å²) in [5.74, 6) is 1.01. The predicted molar refractivity (Wildman–Crippen MR) is 89.9 cm³/mol. The second-order valence-electron chi connectivity index (χ2n) is 6.49. The van der Waals surface area contributed by atoms with Crippen LogP contribution in [-0.2, 0) is 6.61 Å². The number of hydrogen-bond donors (Lipinski definition) is 1. The van der Waals surface area contributed by atoms with E-state index in [1.54, 1.807) is 12.3 Å². The molecule has 1 N–H and O–H groups in total. The third-order valence-corrected chi connectivity index (χ3v) is 5.01. The van der Waals surface area contributed by atoms with E-state index >= 15 is 0 Å². The van der Waals surface area contributed by atoms with E-state index in [2.05, 4.69) is 10.2 Å². The van der Waals surface area contributed by atoms with Gasteiger partial charge in [-0.1, -0.05) is 18.2 Å². The first-order valence-corrected chi connectivity index (χ1v) is 8.60. The Balaban J connectivity index is 1.39. The molecule has 24 heavy (non-hydrogen) atoms. The van der Waals surface area contributed by atoms with Crippen LogP contribution in [0.4, 0.5) is 0 Å². The lowest BCUT2D eigenvalue weighted by molar-refractivity contribution is 0.0898. The van der Waals surface area contributed by atoms with Gasteiger partial charge in [0.25, 0.3) is 5.91 Å². The van der Waals surface area contributed by atoms with Crippen molar-refractivity contribution in [2.75, 3.05) is 13.1 Å². The first-order chi connectivity index (χ1) is 11.8. The van der Waals surface area contributed by atoms with Crippen molar-refractivity contribution in [1.29, 1.82) is 0 Å². The van der Waals surface area contributed by atoms with Gasteiger partial charge >= 0.3 is 0 Å². The standard InChI is InChI=1S/C19H22N2O3/c22-19(20-16-8-11-21-10-4-7-17(16)21)18-14(9-12-23-18)13-24-15-5-2-1-3-6-15/h1-3,5-6,9,12,16-17H,4,7-8,10-11,13H2,(H,20,22)/t16-,17-/m1/s1. The van der Waals surface area contributed by atoms with Gasteiger partial charge in [0.2, 0.25) is 0 Å². The van der Waals surface area contributed by atoms with Crippen LogP contribution in [0.25, 0.3) is 0 Å². The molecule has 1 aromatic heterocycles. The average molecular weight is 326 g/mol. The van der Waals surface area contributed by atoms with Gasteiger partial charge in [0.05, 0.1) is 6.26 Å². The molecule has 3 heterocycles. The number of furan rings is 1. The third kappa shape index (κ3) is 3.04. The Bertz CT molecular complexity index is 698. The first kappa shape index (κ1) is 15.3. The zero-order chi connectivity index (χ0) is 16.4. The SMILES string of the molecule is O=C(N[C@@H]1CCN2CCC[C@H]12)c1occc1COc1ccccc1. The van der Waals surface area contributed by atoms with Crippen LogP contribution in [0.3, 0.4) is 0 Å². The van der Waals surface area contributed by atoms with Gasteiger partial charge in [-0.3, -0.25) is 9.69 Å². The first-order valence-electron chi connectivity index (χ1n) is 8.60. The molecule has 2 aromatic rings. The lowest BCUT2D eigenvalue weighted by atomic mass is 10.1. The van der Waals surface area contributed by atoms with Crippen LogP contribution in [0.5, 0.6) is 5.75 Å². The van der Waals surface area contributed by atoms with Crippen LogP contribution in [0.1, 0.15) is 35.4 Å². The predicted octanol–water partition coefficient (Wildman–Crippen LogP) is 2.83. The Morgan fingerprint density at radius 3 is 2.96 bits per heavy atom. The number of para-hydroxylation sites is 1. The fourth-order valence-corrected chi connectivity index (χ4v) is 3.81. The van der Waals surface area contributed by atoms with Crippen molar-refractivity contribution < 1.29 is 13.9 Å². The van der Waals surface area contributed by atoms with Gasteiger partial charge < -0.3 is 14.5 Å². The molecule has 5 heteroatoms. The maximum Gasteiger partial charge on any atom is 0.287 e. The molecular weight excluding hydrogens is 304 g/mol. The Morgan fingerprint density at radius 1 is 1.21 bits per heavy atom. The van der Waals surface area contributed by atoms with E-state index in [0.717, 1.165) is 30.8 Å². The fourth-order valence-electron chi connectivity index (χ4n) is 3.81. The molecular formula is C19H22N2O3. The molecule has 2 saturated heterocycles. The molecule has 1 aromatic carbocycles. The Kier molecular flexibility index (Phi) is 4.26. The molecule has 0 spiro atoms. The summed E-state index contributed by atoms with van der Waals surface area (Å²) in [6.45, 7) is 2.56. The summed E-state index contributed by atoms with van der Waals surface area (Å²) in [5, 5.41) is 3.16. The summed E-state index contributed by atoms with van der Waals surface area (Å²) in [4.78, 5) is 15.1. The summed E-state index contributed by atoms with van der Waals surface area (Å²) < 4.78 is 11.2. The Labute approximate surface area is 141 Å². The number of benzene rings is 1. The largest absolute Gasteiger partial charge is 0.489 e. The van der Waals surface area contributed by atoms with Gasteiger partial charge in [-0.05, 0) is 44.0 Å². The molecule has 0 radical (unpaired) electrons. The highest BCUT2D eigenvalue weighted by molar-refractivity contribution is 5.93. The molecule has 2 aliphatic rings. The lowest BCUT2D eigenvalue weighted by Gasteiger charge is -2.21. The highest BCUT2D eigenvalue weighted by atomic mass is 16.5. The molecule has 2 fully saturated rings. The van der Waals surface area contributed by atoms with Gasteiger partial charge in [0, 0.05) is 24.2 Å². The van der Waals surface area contributed by atoms with Gasteiger partial charge in [-0.15, -0.1) is 0 Å². The highest BCUT2D eigenvalue weighted by Gasteiger charge is 2.38. The zero-order valence-electron chi connectivity index (χ0n) is 13.6. The fraction of sp³-hybridized carbons (Fsp3) is 0.421. The number of hydrogen-bond acceptors (Lipinski definition) is 4. The van der Waals surface area contributed by atoms with Crippen LogP contribution >= 0.6 is 0 Å². The summed E-state index contributed by atoms with van der Waals surface area (Å²) in [6.07, 6.45) is 4.98. The minimum Gasteiger partial charge on any atom is -0.489 e. The van der Waals surface area contributed by atoms with Crippen molar-refractivity contribution >= 4 is 5.91 Å². The molecule has 1 amide bonds. The molecule has 0 saturated carbocycles. The number of ether oxygens (including phenoxy) is 1. The quantitative estimate of drug-likeness (QED) is 0.918. The van der Waals surface area contributed by atoms with Crippen LogP contribution in [0.2, 0.25) is 0 Å². The number of rotatable bonds is 5. The molecule has 126 valence electrons. The summed E-state index contributed by atoms with van der Waals surface area (Å²) in [5.41, 5.74) is 0.776. The topological polar surface area (TPSA) is 54.7 Å². The van der Waals surface area contributed by atoms with Gasteiger partial charge in [-0.25, -0.2) is 0 Å². The molecule has 0 aliphatic carbocycles. The van der Waals surface area contributed by atoms with Crippen molar-refractivity contribution in [3.8, 4) is 5.75 Å². The number of nitrogens with zero attached hydrogens (tertiary/aromatic N) is 1. The van der Waals surface area contributed by atoms with Gasteiger partial charge in [-0.2, -0.15) is 0 Å². The van der Waals surface area contributed by atoms with Gasteiger partial charge in [0.1, 0.15) is 12.4 Å². The second kappa shape index (κ2) is 6.69. The smallest absolute Gasteiger partial charge is 0.287 e. The van der Waals surface area contributed by atoms with E-state index in [1.807, 2.05) is 30.3 Å². The molecule has 5 nitrogen and oxygen atoms in total.